The van der Waals surface area contributed by atoms with Crippen LogP contribution in [0.2, 0.25) is 0 Å². The van der Waals surface area contributed by atoms with E-state index >= 15 is 0 Å². The van der Waals surface area contributed by atoms with Gasteiger partial charge in [0.1, 0.15) is 19.3 Å². The maximum absolute atomic E-state index is 13.1. The molecule has 0 saturated carbocycles. The van der Waals surface area contributed by atoms with Gasteiger partial charge in [0.05, 0.1) is 26.4 Å². The molecule has 5 unspecified atom stereocenters. The van der Waals surface area contributed by atoms with Gasteiger partial charge in [-0.25, -0.2) is 9.13 Å². The summed E-state index contributed by atoms with van der Waals surface area (Å²) in [5.41, 5.74) is 0. The number of aliphatic hydroxyl groups excluding tert-OH is 1. The van der Waals surface area contributed by atoms with Crippen LogP contribution in [0.15, 0.2) is 146 Å². The van der Waals surface area contributed by atoms with E-state index in [-0.39, 0.29) is 25.7 Å². The third kappa shape index (κ3) is 73.3. The highest BCUT2D eigenvalue weighted by molar-refractivity contribution is 7.47. The van der Waals surface area contributed by atoms with E-state index in [1.807, 2.05) is 0 Å². The SMILES string of the molecule is CC/C=C\C/C=C\C/C=C\C/C=C\C/C=C\CCCCCC(=O)OCC(COP(=O)(O)OCC(O)COP(=O)(O)OCC(COC(=O)CCCCCCC/C=C\C/C=C\CCC)OC(=O)CCCCCCC/C=C\CCCC)OC(=O)CCCCCCCC/C=C\C/C=C\C/C=C\C/C=C\CC. The van der Waals surface area contributed by atoms with Crippen molar-refractivity contribution in [3.05, 3.63) is 146 Å². The van der Waals surface area contributed by atoms with E-state index in [0.717, 1.165) is 205 Å². The monoisotopic (exact) mass is 1470 g/mol. The second-order valence-electron chi connectivity index (χ2n) is 25.5. The van der Waals surface area contributed by atoms with Crippen LogP contribution in [0.1, 0.15) is 297 Å². The molecule has 0 aliphatic heterocycles. The maximum Gasteiger partial charge on any atom is 0.472 e. The van der Waals surface area contributed by atoms with Crippen LogP contribution >= 0.6 is 15.6 Å². The summed E-state index contributed by atoms with van der Waals surface area (Å²) in [5, 5.41) is 10.6. The molecule has 0 aromatic carbocycles. The number of carbonyl (C=O) groups is 4. The number of allylic oxidation sites excluding steroid dienone is 24. The Balaban J connectivity index is 5.40. The van der Waals surface area contributed by atoms with Gasteiger partial charge >= 0.3 is 39.5 Å². The Morgan fingerprint density at radius 1 is 0.284 bits per heavy atom. The minimum Gasteiger partial charge on any atom is -0.462 e. The topological polar surface area (TPSA) is 237 Å². The fourth-order valence-electron chi connectivity index (χ4n) is 9.84. The number of phosphoric acid groups is 2. The average Bonchev–Trinajstić information content (AvgIpc) is 0.940. The molecule has 5 atom stereocenters. The van der Waals surface area contributed by atoms with E-state index in [1.54, 1.807) is 0 Å². The quantitative estimate of drug-likeness (QED) is 0.0169. The summed E-state index contributed by atoms with van der Waals surface area (Å²) in [6.45, 7) is 4.46. The third-order valence-electron chi connectivity index (χ3n) is 15.7. The Morgan fingerprint density at radius 2 is 0.529 bits per heavy atom. The molecule has 0 spiro atoms. The molecule has 17 nitrogen and oxygen atoms in total. The van der Waals surface area contributed by atoms with E-state index in [4.69, 9.17) is 37.0 Å². The number of carbonyl (C=O) groups excluding carboxylic acids is 4. The molecule has 0 aromatic heterocycles. The number of ether oxygens (including phenoxy) is 4. The maximum atomic E-state index is 13.1. The number of phosphoric ester groups is 2. The lowest BCUT2D eigenvalue weighted by atomic mass is 10.1. The van der Waals surface area contributed by atoms with E-state index in [2.05, 4.69) is 174 Å². The lowest BCUT2D eigenvalue weighted by Crippen LogP contribution is -2.30. The van der Waals surface area contributed by atoms with Crippen molar-refractivity contribution in [1.29, 1.82) is 0 Å². The van der Waals surface area contributed by atoms with Gasteiger partial charge in [-0.1, -0.05) is 263 Å². The highest BCUT2D eigenvalue weighted by Gasteiger charge is 2.30. The van der Waals surface area contributed by atoms with Crippen molar-refractivity contribution in [2.45, 2.75) is 316 Å². The molecule has 19 heteroatoms. The highest BCUT2D eigenvalue weighted by atomic mass is 31.2. The fraction of sp³-hybridized carbons (Fsp3) is 0.663. The number of unbranched alkanes of at least 4 members (excludes halogenated alkanes) is 22. The molecule has 0 heterocycles. The van der Waals surface area contributed by atoms with Crippen LogP contribution in [0, 0.1) is 0 Å². The van der Waals surface area contributed by atoms with Crippen molar-refractivity contribution in [2.24, 2.45) is 0 Å². The van der Waals surface area contributed by atoms with E-state index in [9.17, 15) is 43.2 Å². The Bertz CT molecular complexity index is 2510. The lowest BCUT2D eigenvalue weighted by molar-refractivity contribution is -0.161. The second-order valence-corrected chi connectivity index (χ2v) is 28.4. The van der Waals surface area contributed by atoms with Gasteiger partial charge < -0.3 is 33.8 Å². The number of hydrogen-bond acceptors (Lipinski definition) is 15. The smallest absolute Gasteiger partial charge is 0.462 e. The summed E-state index contributed by atoms with van der Waals surface area (Å²) in [6.07, 6.45) is 84.1. The molecule has 0 radical (unpaired) electrons. The summed E-state index contributed by atoms with van der Waals surface area (Å²) >= 11 is 0. The summed E-state index contributed by atoms with van der Waals surface area (Å²) < 4.78 is 68.5. The van der Waals surface area contributed by atoms with Crippen molar-refractivity contribution in [2.75, 3.05) is 39.6 Å². The zero-order valence-corrected chi connectivity index (χ0v) is 65.3. The number of esters is 4. The van der Waals surface area contributed by atoms with E-state index in [0.29, 0.717) is 25.7 Å². The van der Waals surface area contributed by atoms with Gasteiger partial charge in [-0.2, -0.15) is 0 Å². The predicted molar refractivity (Wildman–Crippen MR) is 417 cm³/mol. The van der Waals surface area contributed by atoms with Crippen molar-refractivity contribution in [1.82, 2.24) is 0 Å². The Hall–Kier alpha value is -5.06. The molecular weight excluding hydrogens is 1330 g/mol. The normalized spacial score (nSPS) is 14.7. The van der Waals surface area contributed by atoms with Crippen molar-refractivity contribution >= 4 is 39.5 Å². The molecule has 0 saturated heterocycles. The Kier molecular flexibility index (Phi) is 70.5. The van der Waals surface area contributed by atoms with Gasteiger partial charge in [0.15, 0.2) is 12.2 Å². The largest absolute Gasteiger partial charge is 0.472 e. The van der Waals surface area contributed by atoms with Crippen molar-refractivity contribution in [3.63, 3.8) is 0 Å². The van der Waals surface area contributed by atoms with Gasteiger partial charge in [0, 0.05) is 25.7 Å². The number of rotatable bonds is 72. The average molecular weight is 1470 g/mol. The van der Waals surface area contributed by atoms with E-state index < -0.39 is 97.5 Å². The highest BCUT2D eigenvalue weighted by Crippen LogP contribution is 2.45. The van der Waals surface area contributed by atoms with Crippen LogP contribution in [0.5, 0.6) is 0 Å². The first kappa shape index (κ1) is 96.9. The summed E-state index contributed by atoms with van der Waals surface area (Å²) in [4.78, 5) is 72.9. The molecule has 0 fully saturated rings. The van der Waals surface area contributed by atoms with E-state index in [1.165, 1.54) is 12.8 Å². The molecule has 0 bridgehead atoms. The van der Waals surface area contributed by atoms with Crippen LogP contribution in [0.4, 0.5) is 0 Å². The van der Waals surface area contributed by atoms with Crippen LogP contribution in [-0.2, 0) is 65.4 Å². The standard InChI is InChI=1S/C83H138O17P2/c1-5-9-13-17-21-25-29-32-34-36-38-40-42-45-49-52-56-60-64-68-81(86)94-74-79(100-83(88)70-66-62-58-54-50-46-43-41-39-37-35-33-30-26-22-18-14-10-6-2)76-98-102(91,92)96-72-77(84)71-95-101(89,90)97-75-78(99-82(87)69-65-61-57-53-47-28-24-20-16-12-8-4)73-93-80(85)67-63-59-55-51-48-44-31-27-23-19-15-11-7-3/h9-10,13-15,19-22,24-27,31-35,38-41,45,49,77-79,84H,5-8,11-12,16-18,23,28-30,36-37,42-44,46-48,50-76H2,1-4H3,(H,89,90)(H,91,92)/b13-9-,14-10-,19-15-,24-20-,25-21-,26-22-,31-27-,34-32-,35-33-,40-38-,41-39-,49-45-. The zero-order valence-electron chi connectivity index (χ0n) is 63.5. The van der Waals surface area contributed by atoms with Gasteiger partial charge in [-0.05, 0) is 154 Å². The molecule has 0 aromatic rings. The van der Waals surface area contributed by atoms with Crippen LogP contribution < -0.4 is 0 Å². The fourth-order valence-corrected chi connectivity index (χ4v) is 11.4. The molecule has 0 amide bonds. The zero-order chi connectivity index (χ0) is 74.6. The minimum atomic E-state index is -4.99. The van der Waals surface area contributed by atoms with Crippen molar-refractivity contribution < 1.29 is 80.2 Å². The predicted octanol–water partition coefficient (Wildman–Crippen LogP) is 22.7. The van der Waals surface area contributed by atoms with Crippen LogP contribution in [0.3, 0.4) is 0 Å². The van der Waals surface area contributed by atoms with Gasteiger partial charge in [-0.3, -0.25) is 37.3 Å². The number of aliphatic hydroxyl groups is 1. The van der Waals surface area contributed by atoms with Gasteiger partial charge in [0.25, 0.3) is 0 Å². The van der Waals surface area contributed by atoms with Crippen LogP contribution in [-0.4, -0.2) is 96.7 Å². The second kappa shape index (κ2) is 74.2. The Morgan fingerprint density at radius 3 is 0.843 bits per heavy atom. The molecular formula is C83H138O17P2. The summed E-state index contributed by atoms with van der Waals surface area (Å²) in [6, 6.07) is 0. The van der Waals surface area contributed by atoms with Crippen molar-refractivity contribution in [3.8, 4) is 0 Å². The summed E-state index contributed by atoms with van der Waals surface area (Å²) in [7, 11) is -9.98. The molecule has 102 heavy (non-hydrogen) atoms. The molecule has 582 valence electrons. The first-order chi connectivity index (χ1) is 49.7. The van der Waals surface area contributed by atoms with Gasteiger partial charge in [-0.15, -0.1) is 0 Å². The Labute approximate surface area is 617 Å². The first-order valence-corrected chi connectivity index (χ1v) is 42.1. The molecule has 0 aliphatic rings. The molecule has 0 aliphatic carbocycles. The summed E-state index contributed by atoms with van der Waals surface area (Å²) in [5.74, 6) is -2.26. The van der Waals surface area contributed by atoms with Gasteiger partial charge in [0.2, 0.25) is 0 Å². The first-order valence-electron chi connectivity index (χ1n) is 39.1. The lowest BCUT2D eigenvalue weighted by Gasteiger charge is -2.21. The minimum absolute atomic E-state index is 0.0661. The third-order valence-corrected chi connectivity index (χ3v) is 17.7. The number of hydrogen-bond donors (Lipinski definition) is 3. The molecule has 3 N–H and O–H groups in total. The molecule has 0 rings (SSSR count). The van der Waals surface area contributed by atoms with Crippen LogP contribution in [0.25, 0.3) is 0 Å².